The molecule has 0 saturated carbocycles. The van der Waals surface area contributed by atoms with Gasteiger partial charge in [-0.25, -0.2) is 0 Å². The van der Waals surface area contributed by atoms with Crippen LogP contribution in [0.1, 0.15) is 13.8 Å². The summed E-state index contributed by atoms with van der Waals surface area (Å²) in [6, 6.07) is 0.0342. The lowest BCUT2D eigenvalue weighted by molar-refractivity contribution is -0.0460. The van der Waals surface area contributed by atoms with Crippen molar-refractivity contribution in [3.63, 3.8) is 0 Å². The third kappa shape index (κ3) is 4.19. The maximum atomic E-state index is 5.91. The van der Waals surface area contributed by atoms with Crippen LogP contribution in [0.4, 0.5) is 0 Å². The van der Waals surface area contributed by atoms with Crippen LogP contribution in [0.25, 0.3) is 0 Å². The Balaban J connectivity index is 4.13. The summed E-state index contributed by atoms with van der Waals surface area (Å²) in [5.74, 6) is -0.0624. The van der Waals surface area contributed by atoms with Crippen molar-refractivity contribution < 1.29 is 9.47 Å². The van der Waals surface area contributed by atoms with Crippen LogP contribution in [0.3, 0.4) is 0 Å². The van der Waals surface area contributed by atoms with Gasteiger partial charge >= 0.3 is 0 Å². The molecule has 0 spiro atoms. The molecule has 0 fully saturated rings. The summed E-state index contributed by atoms with van der Waals surface area (Å²) in [7, 11) is 2.76. The van der Waals surface area contributed by atoms with E-state index in [1.54, 1.807) is 14.2 Å². The van der Waals surface area contributed by atoms with Crippen LogP contribution in [-0.2, 0) is 9.47 Å². The predicted molar refractivity (Wildman–Crippen MR) is 57.4 cm³/mol. The van der Waals surface area contributed by atoms with Crippen LogP contribution in [0.15, 0.2) is 0 Å². The highest BCUT2D eigenvalue weighted by Crippen LogP contribution is 2.27. The fraction of sp³-hybridized carbons (Fsp3) is 1.00. The van der Waals surface area contributed by atoms with E-state index in [-0.39, 0.29) is 17.0 Å². The molecule has 0 radical (unpaired) electrons. The molecular formula is C8H22N2O2Si. The monoisotopic (exact) mass is 206 g/mol. The second kappa shape index (κ2) is 5.72. The highest BCUT2D eigenvalue weighted by molar-refractivity contribution is 6.41. The number of hydrogen-bond donors (Lipinski definition) is 2. The third-order valence-electron chi connectivity index (χ3n) is 2.48. The van der Waals surface area contributed by atoms with E-state index in [0.29, 0.717) is 6.54 Å². The highest BCUT2D eigenvalue weighted by atomic mass is 28.2. The predicted octanol–water partition coefficient (Wildman–Crippen LogP) is -0.784. The second-order valence-electron chi connectivity index (χ2n) is 3.94. The number of ether oxygens (including phenoxy) is 2. The molecule has 80 valence electrons. The minimum Gasteiger partial charge on any atom is -0.360 e. The van der Waals surface area contributed by atoms with Crippen molar-refractivity contribution in [1.82, 2.24) is 0 Å². The van der Waals surface area contributed by atoms with E-state index in [0.717, 1.165) is 0 Å². The molecule has 0 saturated heterocycles. The number of rotatable bonds is 6. The van der Waals surface area contributed by atoms with Crippen LogP contribution in [-0.4, -0.2) is 42.2 Å². The lowest BCUT2D eigenvalue weighted by Crippen LogP contribution is -2.45. The molecule has 5 heteroatoms. The molecule has 0 bridgehead atoms. The van der Waals surface area contributed by atoms with Gasteiger partial charge in [-0.3, -0.25) is 0 Å². The molecule has 0 aromatic carbocycles. The standard InChI is InChI=1S/C8H22N2O2Si/c1-8(2,6(10)5-9)13-7(11-3)12-4/h6-7H,5,9-10,13H2,1-4H3. The van der Waals surface area contributed by atoms with Gasteiger partial charge < -0.3 is 20.9 Å². The number of methoxy groups -OCH3 is 2. The molecule has 1 unspecified atom stereocenters. The van der Waals surface area contributed by atoms with E-state index in [1.807, 2.05) is 0 Å². The first kappa shape index (κ1) is 13.1. The molecule has 0 heterocycles. The average Bonchev–Trinajstić information content (AvgIpc) is 2.12. The summed E-state index contributed by atoms with van der Waals surface area (Å²) in [5, 5.41) is 0.0748. The number of hydrogen-bond acceptors (Lipinski definition) is 4. The van der Waals surface area contributed by atoms with Gasteiger partial charge in [0.25, 0.3) is 0 Å². The minimum atomic E-state index is -0.555. The van der Waals surface area contributed by atoms with Gasteiger partial charge in [0.1, 0.15) is 5.91 Å². The van der Waals surface area contributed by atoms with Crippen LogP contribution in [0.5, 0.6) is 0 Å². The summed E-state index contributed by atoms with van der Waals surface area (Å²) >= 11 is 0. The molecule has 0 aliphatic rings. The van der Waals surface area contributed by atoms with Gasteiger partial charge in [0, 0.05) is 26.8 Å². The zero-order chi connectivity index (χ0) is 10.5. The summed E-state index contributed by atoms with van der Waals surface area (Å²) in [4.78, 5) is 0. The minimum absolute atomic E-state index is 0.0342. The van der Waals surface area contributed by atoms with Crippen molar-refractivity contribution in [3.8, 4) is 0 Å². The molecule has 1 atom stereocenters. The average molecular weight is 206 g/mol. The Morgan fingerprint density at radius 1 is 1.31 bits per heavy atom. The lowest BCUT2D eigenvalue weighted by Gasteiger charge is -2.32. The van der Waals surface area contributed by atoms with Gasteiger partial charge in [-0.15, -0.1) is 0 Å². The largest absolute Gasteiger partial charge is 0.360 e. The van der Waals surface area contributed by atoms with Crippen molar-refractivity contribution in [2.45, 2.75) is 30.8 Å². The molecule has 4 nitrogen and oxygen atoms in total. The number of nitrogens with two attached hydrogens (primary N) is 2. The Kier molecular flexibility index (Phi) is 5.74. The normalized spacial score (nSPS) is 15.9. The quantitative estimate of drug-likeness (QED) is 0.442. The summed E-state index contributed by atoms with van der Waals surface area (Å²) in [6.07, 6.45) is 0. The summed E-state index contributed by atoms with van der Waals surface area (Å²) in [5.41, 5.74) is 11.4. The van der Waals surface area contributed by atoms with Crippen LogP contribution in [0.2, 0.25) is 5.04 Å². The molecule has 4 N–H and O–H groups in total. The zero-order valence-electron chi connectivity index (χ0n) is 9.04. The molecule has 13 heavy (non-hydrogen) atoms. The Morgan fingerprint density at radius 2 is 1.77 bits per heavy atom. The van der Waals surface area contributed by atoms with Gasteiger partial charge in [0.15, 0.2) is 0 Å². The summed E-state index contributed by atoms with van der Waals surface area (Å²) < 4.78 is 10.3. The topological polar surface area (TPSA) is 70.5 Å². The molecule has 0 aliphatic heterocycles. The van der Waals surface area contributed by atoms with Crippen molar-refractivity contribution in [2.24, 2.45) is 11.5 Å². The van der Waals surface area contributed by atoms with Gasteiger partial charge in [-0.1, -0.05) is 13.8 Å². The van der Waals surface area contributed by atoms with Gasteiger partial charge in [0.05, 0.1) is 9.52 Å². The molecular weight excluding hydrogens is 184 g/mol. The molecule has 0 rings (SSSR count). The Bertz CT molecular complexity index is 140. The van der Waals surface area contributed by atoms with Gasteiger partial charge in [-0.05, 0) is 5.04 Å². The Morgan fingerprint density at radius 3 is 2.08 bits per heavy atom. The fourth-order valence-corrected chi connectivity index (χ4v) is 2.82. The first-order valence-corrected chi connectivity index (χ1v) is 6.01. The van der Waals surface area contributed by atoms with E-state index in [2.05, 4.69) is 13.8 Å². The highest BCUT2D eigenvalue weighted by Gasteiger charge is 2.29. The third-order valence-corrected chi connectivity index (χ3v) is 5.05. The first-order chi connectivity index (χ1) is 5.97. The molecule has 0 amide bonds. The van der Waals surface area contributed by atoms with E-state index in [9.17, 15) is 0 Å². The second-order valence-corrected chi connectivity index (χ2v) is 6.83. The molecule has 0 aliphatic carbocycles. The van der Waals surface area contributed by atoms with Gasteiger partial charge in [0.2, 0.25) is 0 Å². The SMILES string of the molecule is COC(OC)[SiH2]C(C)(C)C(N)CN. The Labute approximate surface area is 82.8 Å². The van der Waals surface area contributed by atoms with Crippen molar-refractivity contribution >= 4 is 9.52 Å². The van der Waals surface area contributed by atoms with Gasteiger partial charge in [-0.2, -0.15) is 0 Å². The van der Waals surface area contributed by atoms with Crippen molar-refractivity contribution in [3.05, 3.63) is 0 Å². The van der Waals surface area contributed by atoms with E-state index in [4.69, 9.17) is 20.9 Å². The zero-order valence-corrected chi connectivity index (χ0v) is 10.5. The van der Waals surface area contributed by atoms with E-state index in [1.165, 1.54) is 0 Å². The van der Waals surface area contributed by atoms with E-state index >= 15 is 0 Å². The maximum absolute atomic E-state index is 5.91. The summed E-state index contributed by atoms with van der Waals surface area (Å²) in [6.45, 7) is 4.77. The van der Waals surface area contributed by atoms with Crippen LogP contribution >= 0.6 is 0 Å². The smallest absolute Gasteiger partial charge is 0.134 e. The van der Waals surface area contributed by atoms with Crippen molar-refractivity contribution in [1.29, 1.82) is 0 Å². The maximum Gasteiger partial charge on any atom is 0.134 e. The molecule has 0 aromatic heterocycles. The lowest BCUT2D eigenvalue weighted by atomic mass is 10.0. The van der Waals surface area contributed by atoms with E-state index < -0.39 is 9.52 Å². The van der Waals surface area contributed by atoms with Crippen LogP contribution in [0, 0.1) is 0 Å². The Hall–Kier alpha value is 0.0569. The van der Waals surface area contributed by atoms with Crippen molar-refractivity contribution in [2.75, 3.05) is 20.8 Å². The fourth-order valence-electron chi connectivity index (χ4n) is 1.16. The first-order valence-electron chi connectivity index (χ1n) is 4.49. The van der Waals surface area contributed by atoms with Crippen LogP contribution < -0.4 is 11.5 Å². The molecule has 0 aromatic rings.